The van der Waals surface area contributed by atoms with Crippen LogP contribution in [0, 0.1) is 6.92 Å². The average Bonchev–Trinajstić information content (AvgIpc) is 2.73. The molecule has 0 fully saturated rings. The molecule has 0 amide bonds. The normalized spacial score (nSPS) is 10.4. The van der Waals surface area contributed by atoms with Crippen LogP contribution in [-0.2, 0) is 0 Å². The van der Waals surface area contributed by atoms with Gasteiger partial charge in [-0.25, -0.2) is 0 Å². The molecule has 72 valence electrons. The van der Waals surface area contributed by atoms with E-state index in [1.807, 2.05) is 29.8 Å². The van der Waals surface area contributed by atoms with Crippen molar-refractivity contribution < 1.29 is 4.79 Å². The minimum Gasteiger partial charge on any atom is -0.288 e. The van der Waals surface area contributed by atoms with Gasteiger partial charge in [-0.05, 0) is 45.7 Å². The second-order valence-electron chi connectivity index (χ2n) is 2.82. The molecule has 14 heavy (non-hydrogen) atoms. The molecule has 2 rings (SSSR count). The first-order valence-corrected chi connectivity index (χ1v) is 6.57. The van der Waals surface area contributed by atoms with Crippen molar-refractivity contribution in [3.63, 3.8) is 0 Å². The van der Waals surface area contributed by atoms with Gasteiger partial charge in [-0.2, -0.15) is 0 Å². The zero-order chi connectivity index (χ0) is 10.1. The van der Waals surface area contributed by atoms with Crippen molar-refractivity contribution >= 4 is 44.4 Å². The van der Waals surface area contributed by atoms with Gasteiger partial charge in [-0.1, -0.05) is 0 Å². The summed E-state index contributed by atoms with van der Waals surface area (Å²) < 4.78 is 0.887. The van der Waals surface area contributed by atoms with Gasteiger partial charge in [0.15, 0.2) is 0 Å². The third-order valence-electron chi connectivity index (χ3n) is 1.93. The fraction of sp³-hybridized carbons (Fsp3) is 0.100. The first-order valence-electron chi connectivity index (χ1n) is 4.02. The highest BCUT2D eigenvalue weighted by Gasteiger charge is 2.16. The minimum absolute atomic E-state index is 0.116. The van der Waals surface area contributed by atoms with Gasteiger partial charge in [0.1, 0.15) is 0 Å². The third-order valence-corrected chi connectivity index (χ3v) is 4.61. The smallest absolute Gasteiger partial charge is 0.205 e. The van der Waals surface area contributed by atoms with Gasteiger partial charge in [0.05, 0.1) is 4.88 Å². The number of rotatable bonds is 2. The number of hydrogen-bond acceptors (Lipinski definition) is 3. The lowest BCUT2D eigenvalue weighted by Gasteiger charge is -1.96. The molecule has 2 heterocycles. The van der Waals surface area contributed by atoms with E-state index in [4.69, 9.17) is 0 Å². The summed E-state index contributed by atoms with van der Waals surface area (Å²) >= 11 is 6.45. The molecule has 0 bridgehead atoms. The van der Waals surface area contributed by atoms with Crippen LogP contribution in [0.1, 0.15) is 20.1 Å². The molecule has 4 heteroatoms. The van der Waals surface area contributed by atoms with Gasteiger partial charge in [-0.15, -0.1) is 22.7 Å². The van der Waals surface area contributed by atoms with E-state index in [1.165, 1.54) is 11.3 Å². The molecule has 0 N–H and O–H groups in total. The maximum Gasteiger partial charge on any atom is 0.205 e. The van der Waals surface area contributed by atoms with E-state index < -0.39 is 0 Å². The molecule has 0 spiro atoms. The summed E-state index contributed by atoms with van der Waals surface area (Å²) in [6.07, 6.45) is 0. The summed E-state index contributed by atoms with van der Waals surface area (Å²) in [5, 5.41) is 3.86. The van der Waals surface area contributed by atoms with Crippen molar-refractivity contribution in [1.29, 1.82) is 0 Å². The standard InChI is InChI=1S/C10H7BrOS2/c1-6-7(2-4-13-6)9(12)10-8(11)3-5-14-10/h2-5H,1H3. The molecule has 0 aliphatic heterocycles. The maximum absolute atomic E-state index is 12.0. The lowest BCUT2D eigenvalue weighted by Crippen LogP contribution is -1.98. The molecule has 0 atom stereocenters. The summed E-state index contributed by atoms with van der Waals surface area (Å²) in [4.78, 5) is 13.9. The number of carbonyl (C=O) groups excluding carboxylic acids is 1. The predicted octanol–water partition coefficient (Wildman–Crippen LogP) is 4.11. The number of ketones is 1. The predicted molar refractivity (Wildman–Crippen MR) is 64.5 cm³/mol. The molecular formula is C10H7BrOS2. The molecule has 0 aromatic carbocycles. The van der Waals surface area contributed by atoms with Crippen LogP contribution in [-0.4, -0.2) is 5.78 Å². The van der Waals surface area contributed by atoms with Gasteiger partial charge in [0.25, 0.3) is 0 Å². The Morgan fingerprint density at radius 3 is 2.50 bits per heavy atom. The van der Waals surface area contributed by atoms with Gasteiger partial charge in [0.2, 0.25) is 5.78 Å². The van der Waals surface area contributed by atoms with Crippen LogP contribution in [0.3, 0.4) is 0 Å². The first-order chi connectivity index (χ1) is 6.70. The Morgan fingerprint density at radius 1 is 1.29 bits per heavy atom. The van der Waals surface area contributed by atoms with Crippen molar-refractivity contribution in [3.05, 3.63) is 42.7 Å². The Balaban J connectivity index is 2.44. The summed E-state index contributed by atoms with van der Waals surface area (Å²) in [5.74, 6) is 0.116. The summed E-state index contributed by atoms with van der Waals surface area (Å²) in [6.45, 7) is 1.97. The molecule has 2 aromatic heterocycles. The highest BCUT2D eigenvalue weighted by molar-refractivity contribution is 9.10. The van der Waals surface area contributed by atoms with Crippen LogP contribution < -0.4 is 0 Å². The van der Waals surface area contributed by atoms with E-state index in [0.717, 1.165) is 19.8 Å². The van der Waals surface area contributed by atoms with Crippen LogP contribution in [0.5, 0.6) is 0 Å². The second-order valence-corrected chi connectivity index (χ2v) is 5.71. The molecule has 1 nitrogen and oxygen atoms in total. The molecular weight excluding hydrogens is 280 g/mol. The largest absolute Gasteiger partial charge is 0.288 e. The molecule has 0 aliphatic carbocycles. The van der Waals surface area contributed by atoms with E-state index in [9.17, 15) is 4.79 Å². The quantitative estimate of drug-likeness (QED) is 0.760. The van der Waals surface area contributed by atoms with E-state index in [1.54, 1.807) is 11.3 Å². The second kappa shape index (κ2) is 3.96. The monoisotopic (exact) mass is 286 g/mol. The van der Waals surface area contributed by atoms with Crippen molar-refractivity contribution in [3.8, 4) is 0 Å². The number of halogens is 1. The van der Waals surface area contributed by atoms with Crippen LogP contribution >= 0.6 is 38.6 Å². The SMILES string of the molecule is Cc1sccc1C(=O)c1sccc1Br. The molecule has 0 unspecified atom stereocenters. The maximum atomic E-state index is 12.0. The van der Waals surface area contributed by atoms with E-state index >= 15 is 0 Å². The zero-order valence-corrected chi connectivity index (χ0v) is 10.6. The van der Waals surface area contributed by atoms with Crippen LogP contribution in [0.15, 0.2) is 27.4 Å². The van der Waals surface area contributed by atoms with Crippen LogP contribution in [0.4, 0.5) is 0 Å². The Morgan fingerprint density at radius 2 is 2.00 bits per heavy atom. The molecule has 0 aliphatic rings. The minimum atomic E-state index is 0.116. The number of hydrogen-bond donors (Lipinski definition) is 0. The van der Waals surface area contributed by atoms with Crippen molar-refractivity contribution in [2.45, 2.75) is 6.92 Å². The molecule has 0 radical (unpaired) electrons. The molecule has 0 saturated heterocycles. The van der Waals surface area contributed by atoms with Crippen molar-refractivity contribution in [1.82, 2.24) is 0 Å². The fourth-order valence-electron chi connectivity index (χ4n) is 1.20. The average molecular weight is 287 g/mol. The third kappa shape index (κ3) is 1.69. The lowest BCUT2D eigenvalue weighted by atomic mass is 10.1. The lowest BCUT2D eigenvalue weighted by molar-refractivity contribution is 0.104. The van der Waals surface area contributed by atoms with E-state index in [-0.39, 0.29) is 5.78 Å². The Bertz CT molecular complexity index is 428. The summed E-state index contributed by atoms with van der Waals surface area (Å²) in [6, 6.07) is 3.79. The van der Waals surface area contributed by atoms with Crippen LogP contribution in [0.2, 0.25) is 0 Å². The summed E-state index contributed by atoms with van der Waals surface area (Å²) in [7, 11) is 0. The van der Waals surface area contributed by atoms with E-state index in [2.05, 4.69) is 15.9 Å². The number of aryl methyl sites for hydroxylation is 1. The highest BCUT2D eigenvalue weighted by Crippen LogP contribution is 2.27. The highest BCUT2D eigenvalue weighted by atomic mass is 79.9. The Kier molecular flexibility index (Phi) is 2.85. The topological polar surface area (TPSA) is 17.1 Å². The molecule has 2 aromatic rings. The van der Waals surface area contributed by atoms with Gasteiger partial charge >= 0.3 is 0 Å². The van der Waals surface area contributed by atoms with Gasteiger partial charge in [0, 0.05) is 14.9 Å². The van der Waals surface area contributed by atoms with Crippen LogP contribution in [0.25, 0.3) is 0 Å². The Labute approximate surface area is 98.5 Å². The van der Waals surface area contributed by atoms with Crippen molar-refractivity contribution in [2.75, 3.05) is 0 Å². The van der Waals surface area contributed by atoms with Crippen molar-refractivity contribution in [2.24, 2.45) is 0 Å². The molecule has 0 saturated carbocycles. The van der Waals surface area contributed by atoms with Gasteiger partial charge < -0.3 is 0 Å². The number of carbonyl (C=O) groups is 1. The summed E-state index contributed by atoms with van der Waals surface area (Å²) in [5.41, 5.74) is 0.818. The zero-order valence-electron chi connectivity index (χ0n) is 7.41. The first kappa shape index (κ1) is 10.1. The fourth-order valence-corrected chi connectivity index (χ4v) is 3.40. The van der Waals surface area contributed by atoms with Gasteiger partial charge in [-0.3, -0.25) is 4.79 Å². The Hall–Kier alpha value is -0.450. The van der Waals surface area contributed by atoms with E-state index in [0.29, 0.717) is 0 Å². The number of thiophene rings is 2.